The summed E-state index contributed by atoms with van der Waals surface area (Å²) in [6.45, 7) is 0. The molecule has 17 heavy (non-hydrogen) atoms. The zero-order valence-corrected chi connectivity index (χ0v) is 8.97. The molecule has 0 heterocycles. The molecule has 2 rings (SSSR count). The van der Waals surface area contributed by atoms with Crippen molar-refractivity contribution in [2.45, 2.75) is 31.5 Å². The second kappa shape index (κ2) is 4.29. The molecule has 1 aromatic carbocycles. The number of halogens is 4. The molecule has 0 radical (unpaired) electrons. The van der Waals surface area contributed by atoms with Crippen LogP contribution in [0.2, 0.25) is 0 Å². The molecule has 1 atom stereocenters. The molecule has 1 aliphatic carbocycles. The van der Waals surface area contributed by atoms with Crippen molar-refractivity contribution in [3.05, 3.63) is 35.1 Å². The highest BCUT2D eigenvalue weighted by Gasteiger charge is 2.37. The van der Waals surface area contributed by atoms with Gasteiger partial charge in [0.05, 0.1) is 11.7 Å². The number of hydrogen-bond donors (Lipinski definition) is 1. The minimum atomic E-state index is -4.56. The van der Waals surface area contributed by atoms with Gasteiger partial charge >= 0.3 is 6.18 Å². The average Bonchev–Trinajstić information content (AvgIpc) is 2.12. The topological polar surface area (TPSA) is 20.2 Å². The SMILES string of the molecule is OC(c1cc(F)ccc1C(F)(F)F)C1CCC1. The third-order valence-electron chi connectivity index (χ3n) is 3.23. The predicted octanol–water partition coefficient (Wildman–Crippen LogP) is 3.68. The van der Waals surface area contributed by atoms with Gasteiger partial charge in [0.15, 0.2) is 0 Å². The van der Waals surface area contributed by atoms with Gasteiger partial charge in [-0.25, -0.2) is 4.39 Å². The van der Waals surface area contributed by atoms with Crippen LogP contribution in [0.25, 0.3) is 0 Å². The molecule has 0 spiro atoms. The minimum Gasteiger partial charge on any atom is -0.388 e. The zero-order valence-electron chi connectivity index (χ0n) is 8.97. The Morgan fingerprint density at radius 2 is 1.88 bits per heavy atom. The van der Waals surface area contributed by atoms with Crippen LogP contribution in [0.5, 0.6) is 0 Å². The van der Waals surface area contributed by atoms with Gasteiger partial charge in [0.2, 0.25) is 0 Å². The van der Waals surface area contributed by atoms with Crippen LogP contribution in [-0.4, -0.2) is 5.11 Å². The van der Waals surface area contributed by atoms with Crippen molar-refractivity contribution < 1.29 is 22.7 Å². The van der Waals surface area contributed by atoms with Gasteiger partial charge in [0.1, 0.15) is 5.82 Å². The number of alkyl halides is 3. The van der Waals surface area contributed by atoms with Crippen molar-refractivity contribution in [1.82, 2.24) is 0 Å². The molecular formula is C12H12F4O. The van der Waals surface area contributed by atoms with Crippen LogP contribution in [-0.2, 0) is 6.18 Å². The lowest BCUT2D eigenvalue weighted by Gasteiger charge is -2.31. The van der Waals surface area contributed by atoms with Crippen molar-refractivity contribution in [1.29, 1.82) is 0 Å². The van der Waals surface area contributed by atoms with Gasteiger partial charge in [0, 0.05) is 0 Å². The Hall–Kier alpha value is -1.10. The molecule has 0 aliphatic heterocycles. The van der Waals surface area contributed by atoms with E-state index in [-0.39, 0.29) is 11.5 Å². The van der Waals surface area contributed by atoms with Crippen LogP contribution in [0.4, 0.5) is 17.6 Å². The van der Waals surface area contributed by atoms with Crippen LogP contribution in [0.15, 0.2) is 18.2 Å². The standard InChI is InChI=1S/C12H12F4O/c13-8-4-5-10(12(14,15)16)9(6-8)11(17)7-2-1-3-7/h4-7,11,17H,1-3H2. The van der Waals surface area contributed by atoms with Gasteiger partial charge in [-0.05, 0) is 42.5 Å². The molecule has 1 N–H and O–H groups in total. The molecule has 5 heteroatoms. The summed E-state index contributed by atoms with van der Waals surface area (Å²) in [7, 11) is 0. The number of aliphatic hydroxyl groups is 1. The molecule has 1 saturated carbocycles. The fourth-order valence-electron chi connectivity index (χ4n) is 2.05. The van der Waals surface area contributed by atoms with E-state index in [2.05, 4.69) is 0 Å². The third-order valence-corrected chi connectivity index (χ3v) is 3.23. The van der Waals surface area contributed by atoms with Gasteiger partial charge in [-0.3, -0.25) is 0 Å². The Labute approximate surface area is 96.1 Å². The summed E-state index contributed by atoms with van der Waals surface area (Å²) in [6, 6.07) is 2.23. The van der Waals surface area contributed by atoms with Crippen molar-refractivity contribution in [3.8, 4) is 0 Å². The molecule has 1 unspecified atom stereocenters. The summed E-state index contributed by atoms with van der Waals surface area (Å²) < 4.78 is 51.1. The molecule has 1 aromatic rings. The Morgan fingerprint density at radius 3 is 2.35 bits per heavy atom. The quantitative estimate of drug-likeness (QED) is 0.791. The first-order valence-corrected chi connectivity index (χ1v) is 5.44. The van der Waals surface area contributed by atoms with Crippen molar-refractivity contribution >= 4 is 0 Å². The zero-order chi connectivity index (χ0) is 12.6. The van der Waals surface area contributed by atoms with E-state index in [4.69, 9.17) is 0 Å². The highest BCUT2D eigenvalue weighted by atomic mass is 19.4. The number of benzene rings is 1. The van der Waals surface area contributed by atoms with E-state index in [1.54, 1.807) is 0 Å². The van der Waals surface area contributed by atoms with E-state index in [9.17, 15) is 22.7 Å². The van der Waals surface area contributed by atoms with Crippen LogP contribution in [0.3, 0.4) is 0 Å². The van der Waals surface area contributed by atoms with Crippen molar-refractivity contribution in [2.24, 2.45) is 5.92 Å². The highest BCUT2D eigenvalue weighted by molar-refractivity contribution is 5.32. The predicted molar refractivity (Wildman–Crippen MR) is 53.7 cm³/mol. The first kappa shape index (κ1) is 12.4. The second-order valence-corrected chi connectivity index (χ2v) is 4.37. The van der Waals surface area contributed by atoms with Gasteiger partial charge < -0.3 is 5.11 Å². The van der Waals surface area contributed by atoms with E-state index in [0.29, 0.717) is 18.9 Å². The molecule has 1 aliphatic rings. The molecule has 1 fully saturated rings. The first-order valence-electron chi connectivity index (χ1n) is 5.44. The molecule has 0 bridgehead atoms. The summed E-state index contributed by atoms with van der Waals surface area (Å²) in [5, 5.41) is 9.84. The Balaban J connectivity index is 2.39. The molecular weight excluding hydrogens is 236 g/mol. The molecule has 0 saturated heterocycles. The van der Waals surface area contributed by atoms with E-state index >= 15 is 0 Å². The number of hydrogen-bond acceptors (Lipinski definition) is 1. The Morgan fingerprint density at radius 1 is 1.24 bits per heavy atom. The molecule has 0 aromatic heterocycles. The average molecular weight is 248 g/mol. The molecule has 1 nitrogen and oxygen atoms in total. The lowest BCUT2D eigenvalue weighted by molar-refractivity contribution is -0.139. The van der Waals surface area contributed by atoms with Crippen LogP contribution >= 0.6 is 0 Å². The smallest absolute Gasteiger partial charge is 0.388 e. The maximum atomic E-state index is 13.0. The number of rotatable bonds is 2. The van der Waals surface area contributed by atoms with E-state index in [1.807, 2.05) is 0 Å². The summed E-state index contributed by atoms with van der Waals surface area (Å²) >= 11 is 0. The third kappa shape index (κ3) is 2.44. The van der Waals surface area contributed by atoms with Crippen molar-refractivity contribution in [2.75, 3.05) is 0 Å². The fourth-order valence-corrected chi connectivity index (χ4v) is 2.05. The van der Waals surface area contributed by atoms with Gasteiger partial charge in [-0.2, -0.15) is 13.2 Å². The fraction of sp³-hybridized carbons (Fsp3) is 0.500. The van der Waals surface area contributed by atoms with Gasteiger partial charge in [-0.15, -0.1) is 0 Å². The van der Waals surface area contributed by atoms with E-state index in [0.717, 1.165) is 18.6 Å². The highest BCUT2D eigenvalue weighted by Crippen LogP contribution is 2.42. The van der Waals surface area contributed by atoms with Gasteiger partial charge in [0.25, 0.3) is 0 Å². The van der Waals surface area contributed by atoms with Crippen LogP contribution in [0.1, 0.15) is 36.5 Å². The van der Waals surface area contributed by atoms with Crippen LogP contribution in [0, 0.1) is 11.7 Å². The Bertz CT molecular complexity index is 409. The largest absolute Gasteiger partial charge is 0.416 e. The normalized spacial score (nSPS) is 18.9. The van der Waals surface area contributed by atoms with Crippen LogP contribution < -0.4 is 0 Å². The van der Waals surface area contributed by atoms with E-state index in [1.165, 1.54) is 0 Å². The first-order chi connectivity index (χ1) is 7.89. The summed E-state index contributed by atoms with van der Waals surface area (Å²) in [4.78, 5) is 0. The van der Waals surface area contributed by atoms with Crippen molar-refractivity contribution in [3.63, 3.8) is 0 Å². The molecule has 94 valence electrons. The maximum absolute atomic E-state index is 13.0. The summed E-state index contributed by atoms with van der Waals surface area (Å²) in [5.41, 5.74) is -1.29. The lowest BCUT2D eigenvalue weighted by atomic mass is 9.78. The van der Waals surface area contributed by atoms with E-state index < -0.39 is 23.7 Å². The summed E-state index contributed by atoms with van der Waals surface area (Å²) in [5.74, 6) is -0.940. The maximum Gasteiger partial charge on any atom is 0.416 e. The molecule has 0 amide bonds. The summed E-state index contributed by atoms with van der Waals surface area (Å²) in [6.07, 6.45) is -3.51. The van der Waals surface area contributed by atoms with Gasteiger partial charge in [-0.1, -0.05) is 6.42 Å². The number of aliphatic hydroxyl groups excluding tert-OH is 1. The minimum absolute atomic E-state index is 0.183. The second-order valence-electron chi connectivity index (χ2n) is 4.37. The monoisotopic (exact) mass is 248 g/mol. The Kier molecular flexibility index (Phi) is 3.12. The lowest BCUT2D eigenvalue weighted by Crippen LogP contribution is -2.23.